The molecule has 0 saturated heterocycles. The van der Waals surface area contributed by atoms with Crippen molar-refractivity contribution in [3.8, 4) is 5.75 Å². The van der Waals surface area contributed by atoms with Crippen LogP contribution in [0.4, 0.5) is 11.8 Å². The number of aliphatic hydroxyl groups is 1. The molecule has 3 aromatic rings. The van der Waals surface area contributed by atoms with Crippen molar-refractivity contribution in [2.24, 2.45) is 0 Å². The van der Waals surface area contributed by atoms with Crippen molar-refractivity contribution < 1.29 is 10.2 Å². The number of halogens is 1. The van der Waals surface area contributed by atoms with Gasteiger partial charge < -0.3 is 25.4 Å². The fraction of sp³-hybridized carbons (Fsp3) is 0.542. The van der Waals surface area contributed by atoms with Gasteiger partial charge in [0.25, 0.3) is 0 Å². The molecule has 0 spiro atoms. The molecule has 0 amide bonds. The molecule has 1 atom stereocenters. The molecule has 1 fully saturated rings. The Morgan fingerprint density at radius 3 is 2.70 bits per heavy atom. The van der Waals surface area contributed by atoms with E-state index in [0.717, 1.165) is 33.1 Å². The molecular weight excluding hydrogens is 531 g/mol. The lowest BCUT2D eigenvalue weighted by atomic mass is 9.95. The highest BCUT2D eigenvalue weighted by Crippen LogP contribution is 2.32. The van der Waals surface area contributed by atoms with E-state index in [1.165, 1.54) is 19.3 Å². The molecule has 1 unspecified atom stereocenters. The summed E-state index contributed by atoms with van der Waals surface area (Å²) in [6, 6.07) is 5.92. The van der Waals surface area contributed by atoms with Gasteiger partial charge in [-0.3, -0.25) is 0 Å². The van der Waals surface area contributed by atoms with Gasteiger partial charge in [-0.05, 0) is 80.8 Å². The van der Waals surface area contributed by atoms with Gasteiger partial charge in [0.05, 0.1) is 11.9 Å². The Bertz CT molecular complexity index is 1100. The molecular formula is C24H33IN6O2. The molecule has 0 bridgehead atoms. The number of phenolic OH excluding ortho intramolecular Hbond substituents is 1. The van der Waals surface area contributed by atoms with Crippen molar-refractivity contribution in [3.05, 3.63) is 33.7 Å². The maximum atomic E-state index is 10.3. The quantitative estimate of drug-likeness (QED) is 0.278. The Balaban J connectivity index is 1.67. The third-order valence-corrected chi connectivity index (χ3v) is 6.73. The molecule has 4 N–H and O–H groups in total. The third kappa shape index (κ3) is 6.06. The zero-order valence-electron chi connectivity index (χ0n) is 19.5. The van der Waals surface area contributed by atoms with E-state index in [1.807, 2.05) is 25.4 Å². The fourth-order valence-corrected chi connectivity index (χ4v) is 5.18. The third-order valence-electron chi connectivity index (χ3n) is 6.06. The highest BCUT2D eigenvalue weighted by Gasteiger charge is 2.22. The number of benzene rings is 1. The molecule has 2 aromatic heterocycles. The minimum absolute atomic E-state index is 0.0129. The van der Waals surface area contributed by atoms with E-state index in [4.69, 9.17) is 9.97 Å². The first-order valence-electron chi connectivity index (χ1n) is 11.6. The van der Waals surface area contributed by atoms with Crippen LogP contribution in [0.5, 0.6) is 5.75 Å². The number of aromatic hydroxyl groups is 1. The van der Waals surface area contributed by atoms with Crippen molar-refractivity contribution in [1.29, 1.82) is 0 Å². The van der Waals surface area contributed by atoms with Gasteiger partial charge >= 0.3 is 0 Å². The van der Waals surface area contributed by atoms with Crippen LogP contribution in [0.3, 0.4) is 0 Å². The van der Waals surface area contributed by atoms with Gasteiger partial charge in [0.15, 0.2) is 17.0 Å². The Hall–Kier alpha value is -2.14. The van der Waals surface area contributed by atoms with Gasteiger partial charge in [-0.15, -0.1) is 0 Å². The predicted octanol–water partition coefficient (Wildman–Crippen LogP) is 5.22. The molecule has 1 saturated carbocycles. The van der Waals surface area contributed by atoms with Gasteiger partial charge in [0.1, 0.15) is 5.75 Å². The van der Waals surface area contributed by atoms with Crippen LogP contribution < -0.4 is 10.6 Å². The molecule has 1 aliphatic rings. The molecule has 1 aromatic carbocycles. The van der Waals surface area contributed by atoms with Crippen LogP contribution in [0.15, 0.2) is 24.5 Å². The summed E-state index contributed by atoms with van der Waals surface area (Å²) in [6.07, 6.45) is 8.44. The zero-order chi connectivity index (χ0) is 23.6. The molecule has 178 valence electrons. The van der Waals surface area contributed by atoms with Crippen LogP contribution in [0, 0.1) is 3.57 Å². The van der Waals surface area contributed by atoms with E-state index < -0.39 is 5.60 Å². The van der Waals surface area contributed by atoms with Crippen LogP contribution in [-0.4, -0.2) is 41.4 Å². The van der Waals surface area contributed by atoms with Crippen LogP contribution in [0.25, 0.3) is 11.2 Å². The van der Waals surface area contributed by atoms with Gasteiger partial charge in [-0.25, -0.2) is 4.98 Å². The predicted molar refractivity (Wildman–Crippen MR) is 140 cm³/mol. The van der Waals surface area contributed by atoms with Crippen molar-refractivity contribution in [2.75, 3.05) is 10.6 Å². The van der Waals surface area contributed by atoms with Crippen molar-refractivity contribution in [3.63, 3.8) is 0 Å². The van der Waals surface area contributed by atoms with E-state index in [1.54, 1.807) is 19.9 Å². The van der Waals surface area contributed by atoms with E-state index in [0.29, 0.717) is 30.8 Å². The Labute approximate surface area is 208 Å². The number of phenols is 1. The summed E-state index contributed by atoms with van der Waals surface area (Å²) in [7, 11) is 0. The minimum atomic E-state index is -0.788. The highest BCUT2D eigenvalue weighted by atomic mass is 127. The number of rotatable bonds is 8. The smallest absolute Gasteiger partial charge is 0.226 e. The second-order valence-electron chi connectivity index (χ2n) is 9.70. The average molecular weight is 564 g/mol. The van der Waals surface area contributed by atoms with Crippen LogP contribution in [0.2, 0.25) is 0 Å². The van der Waals surface area contributed by atoms with Gasteiger partial charge in [0, 0.05) is 27.8 Å². The average Bonchev–Trinajstić information content (AvgIpc) is 3.17. The van der Waals surface area contributed by atoms with Crippen LogP contribution in [-0.2, 0) is 6.54 Å². The maximum absolute atomic E-state index is 10.3. The normalized spacial score (nSPS) is 16.2. The summed E-state index contributed by atoms with van der Waals surface area (Å²) in [6.45, 7) is 6.03. The Morgan fingerprint density at radius 2 is 1.97 bits per heavy atom. The molecule has 2 heterocycles. The number of hydrogen-bond acceptors (Lipinski definition) is 7. The number of fused-ring (bicyclic) bond motifs is 1. The first-order chi connectivity index (χ1) is 15.7. The number of nitrogens with one attached hydrogen (secondary N) is 2. The second-order valence-corrected chi connectivity index (χ2v) is 10.9. The Morgan fingerprint density at radius 1 is 1.21 bits per heavy atom. The van der Waals surface area contributed by atoms with Crippen LogP contribution >= 0.6 is 22.6 Å². The van der Waals surface area contributed by atoms with E-state index >= 15 is 0 Å². The fourth-order valence-electron chi connectivity index (χ4n) is 4.63. The summed E-state index contributed by atoms with van der Waals surface area (Å²) < 4.78 is 3.25. The van der Waals surface area contributed by atoms with Gasteiger partial charge in [-0.2, -0.15) is 9.97 Å². The largest absolute Gasteiger partial charge is 0.508 e. The topological polar surface area (TPSA) is 108 Å². The lowest BCUT2D eigenvalue weighted by molar-refractivity contribution is 0.0672. The number of imidazole rings is 1. The number of nitrogens with zero attached hydrogens (tertiary/aromatic N) is 4. The first kappa shape index (κ1) is 24.0. The summed E-state index contributed by atoms with van der Waals surface area (Å²) in [5, 5.41) is 27.2. The molecule has 1 aliphatic carbocycles. The summed E-state index contributed by atoms with van der Waals surface area (Å²) in [5.74, 6) is 1.38. The van der Waals surface area contributed by atoms with Crippen molar-refractivity contribution in [2.45, 2.75) is 83.5 Å². The summed E-state index contributed by atoms with van der Waals surface area (Å²) in [4.78, 5) is 14.2. The summed E-state index contributed by atoms with van der Waals surface area (Å²) in [5.41, 5.74) is 1.55. The minimum Gasteiger partial charge on any atom is -0.508 e. The van der Waals surface area contributed by atoms with Crippen LogP contribution in [0.1, 0.15) is 70.9 Å². The highest BCUT2D eigenvalue weighted by molar-refractivity contribution is 14.1. The Kier molecular flexibility index (Phi) is 7.28. The molecule has 0 aliphatic heterocycles. The van der Waals surface area contributed by atoms with E-state index in [9.17, 15) is 10.2 Å². The second kappa shape index (κ2) is 10.0. The lowest BCUT2D eigenvalue weighted by Crippen LogP contribution is -2.29. The standard InChI is InChI=1S/C24H33IN6O2/c1-15(12-24(2,3)33)28-23-29-21(26-13-16-11-17(25)9-10-19(16)32)20-22(30-23)31(14-27-20)18-7-5-4-6-8-18/h9-11,14-15,18,32-33H,4-8,12-13H2,1-3H3,(H2,26,28,29,30). The van der Waals surface area contributed by atoms with Crippen molar-refractivity contribution in [1.82, 2.24) is 19.5 Å². The monoisotopic (exact) mass is 564 g/mol. The molecule has 33 heavy (non-hydrogen) atoms. The van der Waals surface area contributed by atoms with Crippen molar-refractivity contribution >= 4 is 45.5 Å². The molecule has 0 radical (unpaired) electrons. The SMILES string of the molecule is CC(CC(C)(C)O)Nc1nc(NCc2cc(I)ccc2O)c2ncn(C3CCCCC3)c2n1. The lowest BCUT2D eigenvalue weighted by Gasteiger charge is -2.24. The maximum Gasteiger partial charge on any atom is 0.226 e. The number of aromatic nitrogens is 4. The molecule has 4 rings (SSSR count). The van der Waals surface area contributed by atoms with E-state index in [-0.39, 0.29) is 11.8 Å². The van der Waals surface area contributed by atoms with E-state index in [2.05, 4.69) is 42.8 Å². The summed E-state index contributed by atoms with van der Waals surface area (Å²) >= 11 is 2.24. The number of hydrogen-bond donors (Lipinski definition) is 4. The molecule has 8 nitrogen and oxygen atoms in total. The number of anilines is 2. The van der Waals surface area contributed by atoms with Gasteiger partial charge in [-0.1, -0.05) is 19.3 Å². The first-order valence-corrected chi connectivity index (χ1v) is 12.7. The molecule has 9 heteroatoms. The van der Waals surface area contributed by atoms with Gasteiger partial charge in [0.2, 0.25) is 5.95 Å². The zero-order valence-corrected chi connectivity index (χ0v) is 21.6.